The van der Waals surface area contributed by atoms with Crippen molar-refractivity contribution >= 4 is 52.3 Å². The van der Waals surface area contributed by atoms with Gasteiger partial charge in [0.05, 0.1) is 28.8 Å². The maximum atomic E-state index is 13.5. The number of carbonyl (C=O) groups is 1. The maximum absolute atomic E-state index is 13.5. The average Bonchev–Trinajstić information content (AvgIpc) is 4.14. The van der Waals surface area contributed by atoms with Gasteiger partial charge in [-0.25, -0.2) is 9.97 Å². The monoisotopic (exact) mass is 761 g/mol. The molecule has 3 aromatic heterocycles. The fourth-order valence-electron chi connectivity index (χ4n) is 8.13. The minimum atomic E-state index is -0.133. The van der Waals surface area contributed by atoms with Gasteiger partial charge in [-0.2, -0.15) is 0 Å². The van der Waals surface area contributed by atoms with Gasteiger partial charge in [0, 0.05) is 49.9 Å². The Balaban J connectivity index is 1.24. The van der Waals surface area contributed by atoms with Gasteiger partial charge in [0.2, 0.25) is 0 Å². The van der Waals surface area contributed by atoms with Crippen LogP contribution in [0.25, 0.3) is 90.9 Å². The third-order valence-electron chi connectivity index (χ3n) is 11.0. The second-order valence-electron chi connectivity index (χ2n) is 14.8. The lowest BCUT2D eigenvalue weighted by atomic mass is 10.0. The van der Waals surface area contributed by atoms with E-state index in [1.807, 2.05) is 79.7 Å². The average molecular weight is 762 g/mol. The molecule has 2 aliphatic heterocycles. The van der Waals surface area contributed by atoms with Crippen LogP contribution in [0.2, 0.25) is 0 Å². The molecule has 8 aromatic rings. The lowest BCUT2D eigenvalue weighted by molar-refractivity contribution is 0.0940. The van der Waals surface area contributed by atoms with Gasteiger partial charge in [-0.1, -0.05) is 133 Å². The van der Waals surface area contributed by atoms with E-state index in [0.717, 1.165) is 94.9 Å². The standard InChI is InChI=1S/C53H39N5O/c1-34(35-14-6-2-7-15-35)54-53(59)40-24-22-39(23-25-40)52-47-32-30-45(57-47)50(37-18-10-4-11-19-37)43-28-26-41(55-43)49(36-16-8-3-9-17-36)42-27-29-44(56-42)51(38-20-12-5-13-21-38)46-31-33-48(52)58-46/h2-34,55,58H,1H3,(H,54,59)/t34-/m0/s1. The normalized spacial score (nSPS) is 12.4. The second-order valence-corrected chi connectivity index (χ2v) is 14.8. The summed E-state index contributed by atoms with van der Waals surface area (Å²) in [7, 11) is 0. The molecule has 0 aliphatic carbocycles. The van der Waals surface area contributed by atoms with E-state index in [4.69, 9.17) is 9.97 Å². The number of fused-ring (bicyclic) bond motifs is 8. The summed E-state index contributed by atoms with van der Waals surface area (Å²) in [6.45, 7) is 2.00. The maximum Gasteiger partial charge on any atom is 0.251 e. The first-order valence-corrected chi connectivity index (χ1v) is 19.9. The fourth-order valence-corrected chi connectivity index (χ4v) is 8.13. The first-order chi connectivity index (χ1) is 29.1. The zero-order valence-corrected chi connectivity index (χ0v) is 32.4. The van der Waals surface area contributed by atoms with Crippen molar-refractivity contribution in [2.45, 2.75) is 13.0 Å². The summed E-state index contributed by atoms with van der Waals surface area (Å²) < 4.78 is 0. The number of H-pyrrole nitrogens is 2. The number of nitrogens with one attached hydrogen (secondary N) is 3. The zero-order valence-electron chi connectivity index (χ0n) is 32.4. The molecular weight excluding hydrogens is 723 g/mol. The number of aromatic amines is 2. The molecule has 0 saturated heterocycles. The number of rotatable bonds is 7. The van der Waals surface area contributed by atoms with E-state index in [1.54, 1.807) is 0 Å². The van der Waals surface area contributed by atoms with Gasteiger partial charge in [-0.05, 0) is 95.4 Å². The van der Waals surface area contributed by atoms with Crippen LogP contribution in [0.4, 0.5) is 0 Å². The first kappa shape index (κ1) is 35.6. The Morgan fingerprint density at radius 2 is 0.746 bits per heavy atom. The molecule has 0 fully saturated rings. The summed E-state index contributed by atoms with van der Waals surface area (Å²) in [6, 6.07) is 57.4. The van der Waals surface area contributed by atoms with Crippen molar-refractivity contribution < 1.29 is 4.79 Å². The molecule has 59 heavy (non-hydrogen) atoms. The highest BCUT2D eigenvalue weighted by molar-refractivity contribution is 6.00. The van der Waals surface area contributed by atoms with Gasteiger partial charge in [0.25, 0.3) is 5.91 Å². The third kappa shape index (κ3) is 6.87. The van der Waals surface area contributed by atoms with Gasteiger partial charge in [-0.15, -0.1) is 0 Å². The number of hydrogen-bond acceptors (Lipinski definition) is 3. The van der Waals surface area contributed by atoms with Crippen LogP contribution >= 0.6 is 0 Å². The third-order valence-corrected chi connectivity index (χ3v) is 11.0. The molecule has 1 atom stereocenters. The van der Waals surface area contributed by atoms with Crippen LogP contribution in [-0.4, -0.2) is 25.8 Å². The van der Waals surface area contributed by atoms with Gasteiger partial charge >= 0.3 is 0 Å². The second kappa shape index (κ2) is 15.3. The lowest BCUT2D eigenvalue weighted by Crippen LogP contribution is -2.26. The molecule has 5 aromatic carbocycles. The summed E-state index contributed by atoms with van der Waals surface area (Å²) >= 11 is 0. The zero-order chi connectivity index (χ0) is 39.7. The van der Waals surface area contributed by atoms with Crippen molar-refractivity contribution in [3.8, 4) is 44.5 Å². The molecule has 0 radical (unpaired) electrons. The van der Waals surface area contributed by atoms with Crippen molar-refractivity contribution in [2.75, 3.05) is 0 Å². The highest BCUT2D eigenvalue weighted by atomic mass is 16.1. The summed E-state index contributed by atoms with van der Waals surface area (Å²) in [5.74, 6) is -0.129. The van der Waals surface area contributed by atoms with E-state index >= 15 is 0 Å². The van der Waals surface area contributed by atoms with Crippen molar-refractivity contribution in [1.82, 2.24) is 25.3 Å². The van der Waals surface area contributed by atoms with Crippen LogP contribution in [0.1, 0.15) is 51.7 Å². The number of aromatic nitrogens is 4. The summed E-state index contributed by atoms with van der Waals surface area (Å²) in [5, 5.41) is 3.15. The molecule has 3 N–H and O–H groups in total. The van der Waals surface area contributed by atoms with Crippen molar-refractivity contribution in [3.63, 3.8) is 0 Å². The molecule has 6 nitrogen and oxygen atoms in total. The molecule has 1 amide bonds. The predicted molar refractivity (Wildman–Crippen MR) is 243 cm³/mol. The van der Waals surface area contributed by atoms with Crippen molar-refractivity contribution in [3.05, 3.63) is 204 Å². The molecule has 0 unspecified atom stereocenters. The van der Waals surface area contributed by atoms with Crippen molar-refractivity contribution in [2.24, 2.45) is 0 Å². The fraction of sp³-hybridized carbons (Fsp3) is 0.0377. The largest absolute Gasteiger partial charge is 0.354 e. The van der Waals surface area contributed by atoms with Crippen LogP contribution in [-0.2, 0) is 0 Å². The first-order valence-electron chi connectivity index (χ1n) is 19.9. The van der Waals surface area contributed by atoms with Gasteiger partial charge in [-0.3, -0.25) is 4.79 Å². The van der Waals surface area contributed by atoms with E-state index < -0.39 is 0 Å². The smallest absolute Gasteiger partial charge is 0.251 e. The van der Waals surface area contributed by atoms with Crippen LogP contribution in [0.3, 0.4) is 0 Å². The van der Waals surface area contributed by atoms with E-state index in [-0.39, 0.29) is 11.9 Å². The summed E-state index contributed by atoms with van der Waals surface area (Å²) in [6.07, 6.45) is 8.42. The minimum Gasteiger partial charge on any atom is -0.354 e. The number of nitrogens with zero attached hydrogens (tertiary/aromatic N) is 2. The summed E-state index contributed by atoms with van der Waals surface area (Å²) in [5.41, 5.74) is 16.8. The Bertz CT molecular complexity index is 3040. The molecule has 282 valence electrons. The van der Waals surface area contributed by atoms with Crippen LogP contribution in [0.15, 0.2) is 170 Å². The minimum absolute atomic E-state index is 0.129. The Labute approximate surface area is 342 Å². The molecule has 6 heteroatoms. The highest BCUT2D eigenvalue weighted by Gasteiger charge is 2.19. The molecule has 8 bridgehead atoms. The van der Waals surface area contributed by atoms with Gasteiger partial charge in [0.15, 0.2) is 0 Å². The SMILES string of the molecule is C[C@H](NC(=O)c1ccc(-c2c3nc(c(-c4ccccc4)c4ccc([nH]4)c(-c4ccccc4)c4nc(c(-c5ccccc5)c5ccc2[nH]5)C=C4)C=C3)cc1)c1ccccc1. The van der Waals surface area contributed by atoms with Crippen LogP contribution in [0.5, 0.6) is 0 Å². The molecule has 0 saturated carbocycles. The van der Waals surface area contributed by atoms with E-state index in [2.05, 4.69) is 137 Å². The number of benzene rings is 5. The van der Waals surface area contributed by atoms with Crippen LogP contribution < -0.4 is 5.32 Å². The number of hydrogen-bond donors (Lipinski definition) is 3. The topological polar surface area (TPSA) is 86.5 Å². The van der Waals surface area contributed by atoms with E-state index in [0.29, 0.717) is 5.56 Å². The Kier molecular flexibility index (Phi) is 9.20. The lowest BCUT2D eigenvalue weighted by Gasteiger charge is -2.14. The predicted octanol–water partition coefficient (Wildman–Crippen LogP) is 12.8. The molecular formula is C53H39N5O. The van der Waals surface area contributed by atoms with E-state index in [1.165, 1.54) is 0 Å². The molecule has 5 heterocycles. The molecule has 2 aliphatic rings. The van der Waals surface area contributed by atoms with Crippen molar-refractivity contribution in [1.29, 1.82) is 0 Å². The Hall–Kier alpha value is -7.83. The Morgan fingerprint density at radius 3 is 1.10 bits per heavy atom. The Morgan fingerprint density at radius 1 is 0.424 bits per heavy atom. The number of amides is 1. The van der Waals surface area contributed by atoms with Gasteiger partial charge in [0.1, 0.15) is 0 Å². The summed E-state index contributed by atoms with van der Waals surface area (Å²) in [4.78, 5) is 31.9. The number of carbonyl (C=O) groups excluding carboxylic acids is 1. The quantitative estimate of drug-likeness (QED) is 0.151. The molecule has 0 spiro atoms. The van der Waals surface area contributed by atoms with Gasteiger partial charge < -0.3 is 15.3 Å². The highest BCUT2D eigenvalue weighted by Crippen LogP contribution is 2.38. The van der Waals surface area contributed by atoms with Crippen LogP contribution in [0, 0.1) is 0 Å². The van der Waals surface area contributed by atoms with E-state index in [9.17, 15) is 4.79 Å². The molecule has 10 rings (SSSR count).